The number of ether oxygens (including phenoxy) is 1. The molecule has 2 heterocycles. The molecule has 0 unspecified atom stereocenters. The first kappa shape index (κ1) is 18.2. The van der Waals surface area contributed by atoms with Gasteiger partial charge in [-0.2, -0.15) is 5.10 Å². The lowest BCUT2D eigenvalue weighted by atomic mass is 9.86. The number of anilines is 3. The Morgan fingerprint density at radius 3 is 2.93 bits per heavy atom. The average molecular weight is 380 g/mol. The molecular formula is C20H24N6O2. The van der Waals surface area contributed by atoms with Crippen LogP contribution in [0, 0.1) is 5.92 Å². The summed E-state index contributed by atoms with van der Waals surface area (Å²) in [6, 6.07) is 7.57. The lowest BCUT2D eigenvalue weighted by molar-refractivity contribution is 0.181. The van der Waals surface area contributed by atoms with Gasteiger partial charge in [0.05, 0.1) is 43.0 Å². The molecule has 0 radical (unpaired) electrons. The molecule has 0 amide bonds. The van der Waals surface area contributed by atoms with Gasteiger partial charge in [-0.3, -0.25) is 4.68 Å². The van der Waals surface area contributed by atoms with Crippen LogP contribution in [0.25, 0.3) is 11.3 Å². The van der Waals surface area contributed by atoms with Gasteiger partial charge in [-0.1, -0.05) is 6.42 Å². The number of hydrogen-bond donors (Lipinski definition) is 3. The second-order valence-corrected chi connectivity index (χ2v) is 6.97. The van der Waals surface area contributed by atoms with Gasteiger partial charge in [0.2, 0.25) is 5.95 Å². The van der Waals surface area contributed by atoms with Crippen molar-refractivity contribution in [2.75, 3.05) is 24.3 Å². The molecule has 0 aliphatic heterocycles. The van der Waals surface area contributed by atoms with E-state index < -0.39 is 0 Å². The van der Waals surface area contributed by atoms with Gasteiger partial charge in [0.25, 0.3) is 0 Å². The fourth-order valence-corrected chi connectivity index (χ4v) is 3.07. The number of rotatable bonds is 8. The second-order valence-electron chi connectivity index (χ2n) is 6.97. The van der Waals surface area contributed by atoms with Crippen LogP contribution in [0.5, 0.6) is 5.75 Å². The van der Waals surface area contributed by atoms with Crippen molar-refractivity contribution in [1.82, 2.24) is 19.7 Å². The molecule has 1 saturated carbocycles. The van der Waals surface area contributed by atoms with Gasteiger partial charge in [0, 0.05) is 18.0 Å². The zero-order chi connectivity index (χ0) is 19.3. The van der Waals surface area contributed by atoms with Crippen molar-refractivity contribution in [3.63, 3.8) is 0 Å². The van der Waals surface area contributed by atoms with Crippen molar-refractivity contribution in [1.29, 1.82) is 0 Å². The largest absolute Gasteiger partial charge is 0.491 e. The molecule has 0 spiro atoms. The standard InChI is InChI=1S/C20H24N6O2/c21-17-10-15(4-5-19(17)28-13-14-2-1-3-14)18-6-7-22-20(25-18)24-16-11-23-26(12-16)8-9-27/h4-7,10-12,14,27H,1-3,8-9,13,21H2,(H,22,24,25). The van der Waals surface area contributed by atoms with Crippen LogP contribution in [0.15, 0.2) is 42.9 Å². The minimum absolute atomic E-state index is 0.0366. The summed E-state index contributed by atoms with van der Waals surface area (Å²) >= 11 is 0. The van der Waals surface area contributed by atoms with Crippen LogP contribution < -0.4 is 15.8 Å². The van der Waals surface area contributed by atoms with Gasteiger partial charge in [-0.05, 0) is 43.0 Å². The lowest BCUT2D eigenvalue weighted by Gasteiger charge is -2.25. The predicted molar refractivity (Wildman–Crippen MR) is 107 cm³/mol. The highest BCUT2D eigenvalue weighted by molar-refractivity contribution is 5.69. The first-order chi connectivity index (χ1) is 13.7. The van der Waals surface area contributed by atoms with Gasteiger partial charge >= 0.3 is 0 Å². The maximum absolute atomic E-state index is 8.97. The summed E-state index contributed by atoms with van der Waals surface area (Å²) in [5.74, 6) is 1.85. The number of nitrogen functional groups attached to an aromatic ring is 1. The Morgan fingerprint density at radius 1 is 1.29 bits per heavy atom. The molecule has 0 bridgehead atoms. The lowest BCUT2D eigenvalue weighted by Crippen LogP contribution is -2.19. The van der Waals surface area contributed by atoms with E-state index in [9.17, 15) is 0 Å². The van der Waals surface area contributed by atoms with Crippen LogP contribution in [-0.2, 0) is 6.54 Å². The van der Waals surface area contributed by atoms with Crippen molar-refractivity contribution < 1.29 is 9.84 Å². The zero-order valence-electron chi connectivity index (χ0n) is 15.6. The fourth-order valence-electron chi connectivity index (χ4n) is 3.07. The molecule has 1 aliphatic carbocycles. The molecule has 1 aliphatic rings. The van der Waals surface area contributed by atoms with Crippen molar-refractivity contribution in [3.8, 4) is 17.0 Å². The minimum Gasteiger partial charge on any atom is -0.491 e. The molecule has 1 fully saturated rings. The van der Waals surface area contributed by atoms with Crippen LogP contribution in [0.1, 0.15) is 19.3 Å². The summed E-state index contributed by atoms with van der Waals surface area (Å²) in [5.41, 5.74) is 9.20. The Hall–Kier alpha value is -3.13. The van der Waals surface area contributed by atoms with Gasteiger partial charge in [-0.15, -0.1) is 0 Å². The molecule has 2 aromatic heterocycles. The number of hydrogen-bond acceptors (Lipinski definition) is 7. The van der Waals surface area contributed by atoms with Crippen LogP contribution in [0.2, 0.25) is 0 Å². The van der Waals surface area contributed by atoms with Crippen molar-refractivity contribution in [2.45, 2.75) is 25.8 Å². The molecule has 0 saturated heterocycles. The van der Waals surface area contributed by atoms with E-state index >= 15 is 0 Å². The van der Waals surface area contributed by atoms with Gasteiger partial charge in [0.15, 0.2) is 0 Å². The van der Waals surface area contributed by atoms with Crippen molar-refractivity contribution >= 4 is 17.3 Å². The Morgan fingerprint density at radius 2 is 2.18 bits per heavy atom. The molecular weight excluding hydrogens is 356 g/mol. The Kier molecular flexibility index (Phi) is 5.38. The number of nitrogens with two attached hydrogens (primary N) is 1. The molecule has 1 aromatic carbocycles. The summed E-state index contributed by atoms with van der Waals surface area (Å²) < 4.78 is 7.51. The molecule has 3 aromatic rings. The summed E-state index contributed by atoms with van der Waals surface area (Å²) in [6.07, 6.45) is 8.94. The second kappa shape index (κ2) is 8.26. The van der Waals surface area contributed by atoms with E-state index in [1.165, 1.54) is 19.3 Å². The molecule has 28 heavy (non-hydrogen) atoms. The highest BCUT2D eigenvalue weighted by Crippen LogP contribution is 2.31. The van der Waals surface area contributed by atoms with Crippen molar-refractivity contribution in [2.24, 2.45) is 5.92 Å². The summed E-state index contributed by atoms with van der Waals surface area (Å²) in [5, 5.41) is 16.2. The molecule has 8 heteroatoms. The van der Waals surface area contributed by atoms with E-state index in [0.717, 1.165) is 29.3 Å². The SMILES string of the molecule is Nc1cc(-c2ccnc(Nc3cnn(CCO)c3)n2)ccc1OCC1CCC1. The molecule has 0 atom stereocenters. The maximum atomic E-state index is 8.97. The summed E-state index contributed by atoms with van der Waals surface area (Å²) in [6.45, 7) is 1.21. The van der Waals surface area contributed by atoms with E-state index in [1.54, 1.807) is 23.3 Å². The van der Waals surface area contributed by atoms with E-state index in [4.69, 9.17) is 15.6 Å². The summed E-state index contributed by atoms with van der Waals surface area (Å²) in [7, 11) is 0. The average Bonchev–Trinajstić information content (AvgIpc) is 3.09. The quantitative estimate of drug-likeness (QED) is 0.515. The monoisotopic (exact) mass is 380 g/mol. The predicted octanol–water partition coefficient (Wildman–Crippen LogP) is 2.84. The molecule has 4 rings (SSSR count). The van der Waals surface area contributed by atoms with Crippen LogP contribution >= 0.6 is 0 Å². The molecule has 146 valence electrons. The van der Waals surface area contributed by atoms with Crippen LogP contribution in [0.3, 0.4) is 0 Å². The fraction of sp³-hybridized carbons (Fsp3) is 0.350. The third-order valence-corrected chi connectivity index (χ3v) is 4.88. The number of nitrogens with zero attached hydrogens (tertiary/aromatic N) is 4. The molecule has 8 nitrogen and oxygen atoms in total. The zero-order valence-corrected chi connectivity index (χ0v) is 15.6. The summed E-state index contributed by atoms with van der Waals surface area (Å²) in [4.78, 5) is 8.81. The third-order valence-electron chi connectivity index (χ3n) is 4.88. The minimum atomic E-state index is 0.0366. The van der Waals surface area contributed by atoms with E-state index in [2.05, 4.69) is 20.4 Å². The van der Waals surface area contributed by atoms with E-state index in [-0.39, 0.29) is 6.61 Å². The van der Waals surface area contributed by atoms with Gasteiger partial charge < -0.3 is 20.9 Å². The normalized spacial score (nSPS) is 13.9. The smallest absolute Gasteiger partial charge is 0.227 e. The maximum Gasteiger partial charge on any atom is 0.227 e. The van der Waals surface area contributed by atoms with E-state index in [0.29, 0.717) is 24.1 Å². The Labute approximate surface area is 163 Å². The van der Waals surface area contributed by atoms with E-state index in [1.807, 2.05) is 24.3 Å². The Balaban J connectivity index is 1.46. The Bertz CT molecular complexity index is 938. The number of aromatic nitrogens is 4. The van der Waals surface area contributed by atoms with Gasteiger partial charge in [0.1, 0.15) is 5.75 Å². The van der Waals surface area contributed by atoms with Crippen LogP contribution in [0.4, 0.5) is 17.3 Å². The highest BCUT2D eigenvalue weighted by Gasteiger charge is 2.18. The number of aliphatic hydroxyl groups is 1. The first-order valence-electron chi connectivity index (χ1n) is 9.47. The number of nitrogens with one attached hydrogen (secondary N) is 1. The molecule has 4 N–H and O–H groups in total. The van der Waals surface area contributed by atoms with Crippen molar-refractivity contribution in [3.05, 3.63) is 42.9 Å². The van der Waals surface area contributed by atoms with Gasteiger partial charge in [-0.25, -0.2) is 9.97 Å². The topological polar surface area (TPSA) is 111 Å². The third kappa shape index (κ3) is 4.23. The number of aliphatic hydroxyl groups excluding tert-OH is 1. The number of benzene rings is 1. The first-order valence-corrected chi connectivity index (χ1v) is 9.47. The highest BCUT2D eigenvalue weighted by atomic mass is 16.5. The van der Waals surface area contributed by atoms with Crippen LogP contribution in [-0.4, -0.2) is 38.1 Å².